The Morgan fingerprint density at radius 1 is 0.970 bits per heavy atom. The Kier molecular flexibility index (Phi) is 6.53. The van der Waals surface area contributed by atoms with E-state index in [9.17, 15) is 14.7 Å². The van der Waals surface area contributed by atoms with Crippen molar-refractivity contribution in [3.05, 3.63) is 102 Å². The van der Waals surface area contributed by atoms with E-state index in [1.54, 1.807) is 61.5 Å². The molecular formula is C26H24N2O4S. The molecular weight excluding hydrogens is 436 g/mol. The van der Waals surface area contributed by atoms with E-state index < -0.39 is 29.4 Å². The lowest BCUT2D eigenvalue weighted by molar-refractivity contribution is -0.170. The van der Waals surface area contributed by atoms with E-state index in [0.29, 0.717) is 16.8 Å². The van der Waals surface area contributed by atoms with Gasteiger partial charge in [0.05, 0.1) is 12.6 Å². The smallest absolute Gasteiger partial charge is 0.361 e. The van der Waals surface area contributed by atoms with Gasteiger partial charge in [0, 0.05) is 11.3 Å². The molecule has 0 aliphatic carbocycles. The number of esters is 1. The quantitative estimate of drug-likeness (QED) is 0.328. The van der Waals surface area contributed by atoms with E-state index in [4.69, 9.17) is 17.0 Å². The van der Waals surface area contributed by atoms with Gasteiger partial charge in [-0.05, 0) is 36.8 Å². The van der Waals surface area contributed by atoms with E-state index in [2.05, 4.69) is 5.32 Å². The number of hydrogen-bond donors (Lipinski definition) is 2. The van der Waals surface area contributed by atoms with E-state index in [0.717, 1.165) is 0 Å². The summed E-state index contributed by atoms with van der Waals surface area (Å²) in [5.74, 6) is -2.60. The first-order valence-corrected chi connectivity index (χ1v) is 11.1. The molecule has 33 heavy (non-hydrogen) atoms. The summed E-state index contributed by atoms with van der Waals surface area (Å²) in [5, 5.41) is 15.5. The van der Waals surface area contributed by atoms with Gasteiger partial charge in [-0.15, -0.1) is 0 Å². The summed E-state index contributed by atoms with van der Waals surface area (Å²) in [6.07, 6.45) is 0. The molecule has 1 fully saturated rings. The van der Waals surface area contributed by atoms with Gasteiger partial charge in [0.15, 0.2) is 10.9 Å². The minimum absolute atomic E-state index is 0.0339. The van der Waals surface area contributed by atoms with Crippen molar-refractivity contribution in [2.24, 2.45) is 5.92 Å². The van der Waals surface area contributed by atoms with Crippen LogP contribution in [0.3, 0.4) is 0 Å². The standard InChI is InChI=1S/C26H24N2O4S/c1-2-32-24(30)26(31)21(23(29)19-14-8-4-9-15-19)22(18-12-6-3-7-13-18)27-25(33)28(26)20-16-10-5-11-17-20/h3-17,21-22,31H,2H2,1H3,(H,27,33)/t21-,22+,26+/m1/s1. The summed E-state index contributed by atoms with van der Waals surface area (Å²) in [4.78, 5) is 28.6. The number of nitrogens with one attached hydrogen (secondary N) is 1. The second-order valence-electron chi connectivity index (χ2n) is 7.66. The van der Waals surface area contributed by atoms with Crippen molar-refractivity contribution < 1.29 is 19.4 Å². The second-order valence-corrected chi connectivity index (χ2v) is 8.05. The molecule has 0 saturated carbocycles. The monoisotopic (exact) mass is 460 g/mol. The summed E-state index contributed by atoms with van der Waals surface area (Å²) >= 11 is 5.63. The van der Waals surface area contributed by atoms with Crippen LogP contribution >= 0.6 is 12.2 Å². The molecule has 0 aromatic heterocycles. The van der Waals surface area contributed by atoms with Crippen LogP contribution in [-0.4, -0.2) is 34.3 Å². The number of Topliss-reactive ketones (excluding diaryl/α,β-unsaturated/α-hetero) is 1. The van der Waals surface area contributed by atoms with Gasteiger partial charge >= 0.3 is 5.97 Å². The van der Waals surface area contributed by atoms with Crippen LogP contribution < -0.4 is 10.2 Å². The number of hydrogen-bond acceptors (Lipinski definition) is 5. The fraction of sp³-hybridized carbons (Fsp3) is 0.192. The maximum absolute atomic E-state index is 13.9. The zero-order chi connectivity index (χ0) is 23.4. The van der Waals surface area contributed by atoms with Crippen LogP contribution in [0.4, 0.5) is 5.69 Å². The first-order chi connectivity index (χ1) is 16.0. The number of benzene rings is 3. The molecule has 1 aliphatic heterocycles. The molecule has 1 saturated heterocycles. The average Bonchev–Trinajstić information content (AvgIpc) is 2.85. The Morgan fingerprint density at radius 3 is 2.09 bits per heavy atom. The van der Waals surface area contributed by atoms with Crippen LogP contribution in [0.1, 0.15) is 28.9 Å². The molecule has 7 heteroatoms. The summed E-state index contributed by atoms with van der Waals surface area (Å²) in [6.45, 7) is 1.68. The molecule has 1 heterocycles. The third-order valence-corrected chi connectivity index (χ3v) is 5.98. The van der Waals surface area contributed by atoms with Crippen molar-refractivity contribution in [2.45, 2.75) is 18.7 Å². The fourth-order valence-corrected chi connectivity index (χ4v) is 4.58. The Balaban J connectivity index is 1.95. The van der Waals surface area contributed by atoms with E-state index in [1.165, 1.54) is 4.90 Å². The van der Waals surface area contributed by atoms with Gasteiger partial charge in [0.2, 0.25) is 0 Å². The summed E-state index contributed by atoms with van der Waals surface area (Å²) in [7, 11) is 0. The Hall–Kier alpha value is -3.55. The topological polar surface area (TPSA) is 78.9 Å². The summed E-state index contributed by atoms with van der Waals surface area (Å²) in [6, 6.07) is 25.8. The number of para-hydroxylation sites is 1. The zero-order valence-corrected chi connectivity index (χ0v) is 18.9. The van der Waals surface area contributed by atoms with Crippen LogP contribution in [0.5, 0.6) is 0 Å². The molecule has 0 radical (unpaired) electrons. The molecule has 168 valence electrons. The largest absolute Gasteiger partial charge is 0.462 e. The number of ketones is 1. The third kappa shape index (κ3) is 4.13. The normalized spacial score (nSPS) is 22.4. The van der Waals surface area contributed by atoms with Gasteiger partial charge < -0.3 is 15.2 Å². The first-order valence-electron chi connectivity index (χ1n) is 10.7. The molecule has 0 unspecified atom stereocenters. The zero-order valence-electron chi connectivity index (χ0n) is 18.0. The van der Waals surface area contributed by atoms with E-state index in [-0.39, 0.29) is 11.7 Å². The number of ether oxygens (including phenoxy) is 1. The lowest BCUT2D eigenvalue weighted by atomic mass is 9.76. The molecule has 3 atom stereocenters. The Labute approximate surface area is 197 Å². The van der Waals surface area contributed by atoms with Gasteiger partial charge in [-0.3, -0.25) is 9.69 Å². The lowest BCUT2D eigenvalue weighted by Crippen LogP contribution is -2.72. The van der Waals surface area contributed by atoms with Gasteiger partial charge in [0.1, 0.15) is 5.92 Å². The minimum Gasteiger partial charge on any atom is -0.462 e. The van der Waals surface area contributed by atoms with Crippen LogP contribution in [0.2, 0.25) is 0 Å². The van der Waals surface area contributed by atoms with Crippen molar-refractivity contribution in [2.75, 3.05) is 11.5 Å². The maximum atomic E-state index is 13.9. The molecule has 1 aliphatic rings. The van der Waals surface area contributed by atoms with Crippen molar-refractivity contribution >= 4 is 34.8 Å². The number of rotatable bonds is 6. The molecule has 6 nitrogen and oxygen atoms in total. The molecule has 3 aromatic rings. The summed E-state index contributed by atoms with van der Waals surface area (Å²) < 4.78 is 5.31. The highest BCUT2D eigenvalue weighted by Gasteiger charge is 2.61. The van der Waals surface area contributed by atoms with Crippen molar-refractivity contribution in [3.63, 3.8) is 0 Å². The predicted octanol–water partition coefficient (Wildman–Crippen LogP) is 3.87. The Morgan fingerprint density at radius 2 is 1.52 bits per heavy atom. The van der Waals surface area contributed by atoms with Gasteiger partial charge in [-0.2, -0.15) is 0 Å². The van der Waals surface area contributed by atoms with Crippen molar-refractivity contribution in [1.29, 1.82) is 0 Å². The molecule has 4 rings (SSSR count). The second kappa shape index (κ2) is 9.52. The van der Waals surface area contributed by atoms with Crippen LogP contribution in [0.25, 0.3) is 0 Å². The number of anilines is 1. The number of thiocarbonyl (C=S) groups is 1. The predicted molar refractivity (Wildman–Crippen MR) is 130 cm³/mol. The highest BCUT2D eigenvalue weighted by Crippen LogP contribution is 2.42. The number of aliphatic hydroxyl groups is 1. The lowest BCUT2D eigenvalue weighted by Gasteiger charge is -2.50. The molecule has 3 aromatic carbocycles. The third-order valence-electron chi connectivity index (χ3n) is 5.68. The first kappa shape index (κ1) is 22.6. The van der Waals surface area contributed by atoms with Crippen molar-refractivity contribution in [3.8, 4) is 0 Å². The van der Waals surface area contributed by atoms with Gasteiger partial charge in [0.25, 0.3) is 5.72 Å². The average molecular weight is 461 g/mol. The molecule has 2 N–H and O–H groups in total. The highest BCUT2D eigenvalue weighted by atomic mass is 32.1. The van der Waals surface area contributed by atoms with Gasteiger partial charge in [-0.1, -0.05) is 78.9 Å². The number of carbonyl (C=O) groups excluding carboxylic acids is 2. The summed E-state index contributed by atoms with van der Waals surface area (Å²) in [5.41, 5.74) is -0.839. The van der Waals surface area contributed by atoms with Crippen LogP contribution in [-0.2, 0) is 9.53 Å². The van der Waals surface area contributed by atoms with E-state index in [1.807, 2.05) is 36.4 Å². The Bertz CT molecular complexity index is 1140. The van der Waals surface area contributed by atoms with Crippen molar-refractivity contribution in [1.82, 2.24) is 5.32 Å². The molecule has 0 amide bonds. The minimum atomic E-state index is -2.38. The number of nitrogens with zero attached hydrogens (tertiary/aromatic N) is 1. The maximum Gasteiger partial charge on any atom is 0.361 e. The van der Waals surface area contributed by atoms with Gasteiger partial charge in [-0.25, -0.2) is 4.79 Å². The molecule has 0 spiro atoms. The highest BCUT2D eigenvalue weighted by molar-refractivity contribution is 7.80. The van der Waals surface area contributed by atoms with Crippen LogP contribution in [0, 0.1) is 5.92 Å². The SMILES string of the molecule is CCOC(=O)[C@@]1(O)[C@@H](C(=O)c2ccccc2)[C@H](c2ccccc2)NC(=S)N1c1ccccc1. The molecule has 0 bridgehead atoms. The van der Waals surface area contributed by atoms with E-state index >= 15 is 0 Å². The number of carbonyl (C=O) groups is 2. The van der Waals surface area contributed by atoms with Crippen LogP contribution in [0.15, 0.2) is 91.0 Å². The fourth-order valence-electron chi connectivity index (χ4n) is 4.21.